The van der Waals surface area contributed by atoms with Crippen LogP contribution in [0.3, 0.4) is 0 Å². The Kier molecular flexibility index (Phi) is 3.90. The van der Waals surface area contributed by atoms with Crippen molar-refractivity contribution in [2.45, 2.75) is 0 Å². The first-order valence-corrected chi connectivity index (χ1v) is 7.42. The minimum atomic E-state index is -0.592. The summed E-state index contributed by atoms with van der Waals surface area (Å²) in [6.45, 7) is 0. The zero-order valence-corrected chi connectivity index (χ0v) is 12.8. The van der Waals surface area contributed by atoms with E-state index in [0.29, 0.717) is 16.2 Å². The van der Waals surface area contributed by atoms with Crippen LogP contribution in [0.2, 0.25) is 0 Å². The number of nitrogens with zero attached hydrogens (tertiary/aromatic N) is 2. The van der Waals surface area contributed by atoms with Crippen molar-refractivity contribution in [3.8, 4) is 0 Å². The van der Waals surface area contributed by atoms with Gasteiger partial charge < -0.3 is 10.1 Å². The monoisotopic (exact) mass is 329 g/mol. The van der Waals surface area contributed by atoms with Gasteiger partial charge in [0.15, 0.2) is 4.96 Å². The number of hydrogen-bond donors (Lipinski definition) is 1. The number of nitrogens with one attached hydrogen (secondary N) is 1. The van der Waals surface area contributed by atoms with Gasteiger partial charge in [0.1, 0.15) is 5.56 Å². The van der Waals surface area contributed by atoms with Crippen LogP contribution in [0, 0.1) is 0 Å². The molecule has 8 heteroatoms. The number of methoxy groups -OCH3 is 1. The maximum atomic E-state index is 12.3. The quantitative estimate of drug-likeness (QED) is 0.740. The molecule has 1 amide bonds. The van der Waals surface area contributed by atoms with Gasteiger partial charge in [-0.25, -0.2) is 9.78 Å². The van der Waals surface area contributed by atoms with Crippen LogP contribution in [0.4, 0.5) is 5.69 Å². The Hall–Kier alpha value is -3.00. The van der Waals surface area contributed by atoms with Gasteiger partial charge in [-0.1, -0.05) is 6.07 Å². The summed E-state index contributed by atoms with van der Waals surface area (Å²) in [5.74, 6) is -1.10. The van der Waals surface area contributed by atoms with E-state index in [-0.39, 0.29) is 5.56 Å². The van der Waals surface area contributed by atoms with E-state index in [1.165, 1.54) is 35.1 Å². The predicted molar refractivity (Wildman–Crippen MR) is 85.1 cm³/mol. The Morgan fingerprint density at radius 3 is 2.96 bits per heavy atom. The van der Waals surface area contributed by atoms with Gasteiger partial charge in [-0.3, -0.25) is 14.0 Å². The van der Waals surface area contributed by atoms with E-state index < -0.39 is 17.4 Å². The molecule has 1 N–H and O–H groups in total. The second-order valence-electron chi connectivity index (χ2n) is 4.56. The van der Waals surface area contributed by atoms with Crippen molar-refractivity contribution >= 4 is 33.9 Å². The first kappa shape index (κ1) is 14.9. The predicted octanol–water partition coefficient (Wildman–Crippen LogP) is 1.79. The summed E-state index contributed by atoms with van der Waals surface area (Å²) >= 11 is 1.30. The number of aromatic nitrogens is 2. The molecule has 3 aromatic rings. The van der Waals surface area contributed by atoms with Gasteiger partial charge in [0.25, 0.3) is 11.5 Å². The standard InChI is InChI=1S/C15H11N3O4S/c1-22-14(21)9-3-2-4-10(7-9)17-12(19)11-8-16-15-18(13(11)20)5-6-23-15/h2-8H,1H3,(H,17,19). The molecule has 0 aliphatic rings. The van der Waals surface area contributed by atoms with Crippen molar-refractivity contribution in [3.05, 3.63) is 63.5 Å². The highest BCUT2D eigenvalue weighted by Gasteiger charge is 2.15. The molecule has 0 atom stereocenters. The molecule has 0 aliphatic carbocycles. The van der Waals surface area contributed by atoms with E-state index in [9.17, 15) is 14.4 Å². The van der Waals surface area contributed by atoms with Crippen molar-refractivity contribution in [1.29, 1.82) is 0 Å². The fourth-order valence-corrected chi connectivity index (χ4v) is 2.70. The molecular weight excluding hydrogens is 318 g/mol. The second kappa shape index (κ2) is 6.01. The Morgan fingerprint density at radius 2 is 2.17 bits per heavy atom. The molecule has 0 unspecified atom stereocenters. The lowest BCUT2D eigenvalue weighted by molar-refractivity contribution is 0.0600. The Labute approximate surface area is 134 Å². The van der Waals surface area contributed by atoms with Crippen molar-refractivity contribution in [2.75, 3.05) is 12.4 Å². The highest BCUT2D eigenvalue weighted by molar-refractivity contribution is 7.15. The van der Waals surface area contributed by atoms with E-state index >= 15 is 0 Å². The lowest BCUT2D eigenvalue weighted by Gasteiger charge is -2.06. The van der Waals surface area contributed by atoms with E-state index in [1.54, 1.807) is 29.8 Å². The Morgan fingerprint density at radius 1 is 1.35 bits per heavy atom. The second-order valence-corrected chi connectivity index (χ2v) is 5.43. The van der Waals surface area contributed by atoms with Gasteiger partial charge in [0, 0.05) is 23.5 Å². The maximum Gasteiger partial charge on any atom is 0.337 e. The summed E-state index contributed by atoms with van der Waals surface area (Å²) in [6, 6.07) is 6.25. The van der Waals surface area contributed by atoms with Crippen LogP contribution in [0.25, 0.3) is 4.96 Å². The number of thiazole rings is 1. The molecule has 0 aliphatic heterocycles. The SMILES string of the molecule is COC(=O)c1cccc(NC(=O)c2cnc3sccn3c2=O)c1. The van der Waals surface area contributed by atoms with Crippen LogP contribution < -0.4 is 10.9 Å². The van der Waals surface area contributed by atoms with Crippen LogP contribution in [-0.4, -0.2) is 28.4 Å². The van der Waals surface area contributed by atoms with Crippen molar-refractivity contribution in [3.63, 3.8) is 0 Å². The third-order valence-corrected chi connectivity index (χ3v) is 3.90. The van der Waals surface area contributed by atoms with E-state index in [1.807, 2.05) is 0 Å². The maximum absolute atomic E-state index is 12.3. The van der Waals surface area contributed by atoms with Gasteiger partial charge in [0.2, 0.25) is 0 Å². The van der Waals surface area contributed by atoms with Gasteiger partial charge in [-0.15, -0.1) is 11.3 Å². The van der Waals surface area contributed by atoms with Crippen molar-refractivity contribution in [2.24, 2.45) is 0 Å². The number of carbonyl (C=O) groups excluding carboxylic acids is 2. The summed E-state index contributed by atoms with van der Waals surface area (Å²) in [6.07, 6.45) is 2.80. The van der Waals surface area contributed by atoms with E-state index in [2.05, 4.69) is 15.0 Å². The average Bonchev–Trinajstić information content (AvgIpc) is 3.04. The highest BCUT2D eigenvalue weighted by atomic mass is 32.1. The molecule has 0 fully saturated rings. The van der Waals surface area contributed by atoms with E-state index in [4.69, 9.17) is 0 Å². The van der Waals surface area contributed by atoms with Crippen LogP contribution in [0.15, 0.2) is 46.8 Å². The minimum Gasteiger partial charge on any atom is -0.465 e. The highest BCUT2D eigenvalue weighted by Crippen LogP contribution is 2.13. The minimum absolute atomic E-state index is 0.0793. The third-order valence-electron chi connectivity index (χ3n) is 3.13. The third kappa shape index (κ3) is 2.84. The number of ether oxygens (including phenoxy) is 1. The van der Waals surface area contributed by atoms with Crippen LogP contribution in [-0.2, 0) is 4.74 Å². The first-order chi connectivity index (χ1) is 11.1. The van der Waals surface area contributed by atoms with E-state index in [0.717, 1.165) is 0 Å². The lowest BCUT2D eigenvalue weighted by atomic mass is 10.2. The normalized spacial score (nSPS) is 10.5. The molecule has 116 valence electrons. The first-order valence-electron chi connectivity index (χ1n) is 6.55. The number of fused-ring (bicyclic) bond motifs is 1. The van der Waals surface area contributed by atoms with Gasteiger partial charge in [0.05, 0.1) is 12.7 Å². The molecule has 0 saturated heterocycles. The molecular formula is C15H11N3O4S. The zero-order valence-electron chi connectivity index (χ0n) is 12.0. The lowest BCUT2D eigenvalue weighted by Crippen LogP contribution is -2.25. The summed E-state index contributed by atoms with van der Waals surface area (Å²) in [5.41, 5.74) is 0.156. The Balaban J connectivity index is 1.90. The number of amides is 1. The fraction of sp³-hybridized carbons (Fsp3) is 0.0667. The van der Waals surface area contributed by atoms with Crippen LogP contribution in [0.1, 0.15) is 20.7 Å². The number of rotatable bonds is 3. The summed E-state index contributed by atoms with van der Waals surface area (Å²) in [4.78, 5) is 40.6. The molecule has 1 aromatic carbocycles. The number of benzene rings is 1. The molecule has 0 saturated carbocycles. The number of hydrogen-bond acceptors (Lipinski definition) is 6. The molecule has 23 heavy (non-hydrogen) atoms. The fourth-order valence-electron chi connectivity index (χ4n) is 2.02. The molecule has 0 radical (unpaired) electrons. The summed E-state index contributed by atoms with van der Waals surface area (Å²) < 4.78 is 5.94. The molecule has 0 bridgehead atoms. The van der Waals surface area contributed by atoms with Gasteiger partial charge >= 0.3 is 5.97 Å². The molecule has 2 heterocycles. The smallest absolute Gasteiger partial charge is 0.337 e. The molecule has 2 aromatic heterocycles. The Bertz CT molecular complexity index is 961. The molecule has 0 spiro atoms. The molecule has 3 rings (SSSR count). The van der Waals surface area contributed by atoms with Gasteiger partial charge in [-0.2, -0.15) is 0 Å². The average molecular weight is 329 g/mol. The number of esters is 1. The van der Waals surface area contributed by atoms with Crippen LogP contribution >= 0.6 is 11.3 Å². The van der Waals surface area contributed by atoms with Crippen molar-refractivity contribution in [1.82, 2.24) is 9.38 Å². The number of carbonyl (C=O) groups is 2. The topological polar surface area (TPSA) is 89.8 Å². The van der Waals surface area contributed by atoms with Crippen LogP contribution in [0.5, 0.6) is 0 Å². The van der Waals surface area contributed by atoms with Gasteiger partial charge in [-0.05, 0) is 18.2 Å². The largest absolute Gasteiger partial charge is 0.465 e. The summed E-state index contributed by atoms with van der Waals surface area (Å²) in [5, 5.41) is 4.29. The molecule has 7 nitrogen and oxygen atoms in total. The zero-order chi connectivity index (χ0) is 16.4. The number of anilines is 1. The van der Waals surface area contributed by atoms with Crippen molar-refractivity contribution < 1.29 is 14.3 Å². The summed E-state index contributed by atoms with van der Waals surface area (Å²) in [7, 11) is 1.27.